The molecule has 1 aromatic rings. The van der Waals surface area contributed by atoms with E-state index >= 15 is 0 Å². The molecule has 0 aromatic heterocycles. The summed E-state index contributed by atoms with van der Waals surface area (Å²) in [6.07, 6.45) is 0. The summed E-state index contributed by atoms with van der Waals surface area (Å²) >= 11 is 3.14. The van der Waals surface area contributed by atoms with Gasteiger partial charge in [0.05, 0.1) is 11.0 Å². The molecule has 1 atom stereocenters. The van der Waals surface area contributed by atoms with Gasteiger partial charge in [0.25, 0.3) is 5.69 Å². The molecule has 0 fully saturated rings. The number of benzene rings is 1. The van der Waals surface area contributed by atoms with E-state index in [1.165, 1.54) is 12.1 Å². The quantitative estimate of drug-likeness (QED) is 0.657. The van der Waals surface area contributed by atoms with Crippen LogP contribution in [0.1, 0.15) is 6.92 Å². The monoisotopic (exact) mass is 301 g/mol. The number of likely N-dealkylation sites (N-methyl/N-ethyl adjacent to an activating group) is 1. The van der Waals surface area contributed by atoms with E-state index in [2.05, 4.69) is 26.6 Å². The fourth-order valence-corrected chi connectivity index (χ4v) is 1.48. The highest BCUT2D eigenvalue weighted by atomic mass is 79.9. The Morgan fingerprint density at radius 3 is 2.71 bits per heavy atom. The van der Waals surface area contributed by atoms with E-state index in [1.54, 1.807) is 20.0 Å². The summed E-state index contributed by atoms with van der Waals surface area (Å²) in [5, 5.41) is 16.1. The number of nitro groups is 1. The van der Waals surface area contributed by atoms with Gasteiger partial charge < -0.3 is 10.6 Å². The number of anilines is 1. The van der Waals surface area contributed by atoms with Crippen LogP contribution in [-0.2, 0) is 4.79 Å². The molecule has 0 bridgehead atoms. The van der Waals surface area contributed by atoms with Crippen molar-refractivity contribution in [2.75, 3.05) is 12.4 Å². The van der Waals surface area contributed by atoms with Crippen LogP contribution in [0.25, 0.3) is 0 Å². The molecule has 92 valence electrons. The maximum Gasteiger partial charge on any atom is 0.293 e. The summed E-state index contributed by atoms with van der Waals surface area (Å²) < 4.78 is 0.587. The first-order valence-corrected chi connectivity index (χ1v) is 5.67. The maximum atomic E-state index is 11.6. The fourth-order valence-electron chi connectivity index (χ4n) is 1.13. The average Bonchev–Trinajstić information content (AvgIpc) is 2.29. The third-order valence-corrected chi connectivity index (χ3v) is 2.73. The van der Waals surface area contributed by atoms with Crippen LogP contribution in [0.5, 0.6) is 0 Å². The molecule has 17 heavy (non-hydrogen) atoms. The number of rotatable bonds is 4. The number of amides is 1. The molecule has 0 aliphatic rings. The molecule has 0 radical (unpaired) electrons. The SMILES string of the molecule is CNC(C)C(=O)Nc1ccc(Br)cc1[N+](=O)[O-]. The molecule has 0 spiro atoms. The second-order valence-electron chi connectivity index (χ2n) is 3.42. The van der Waals surface area contributed by atoms with Gasteiger partial charge in [-0.15, -0.1) is 0 Å². The molecule has 2 N–H and O–H groups in total. The van der Waals surface area contributed by atoms with Gasteiger partial charge in [-0.05, 0) is 26.1 Å². The normalized spacial score (nSPS) is 11.9. The topological polar surface area (TPSA) is 84.3 Å². The van der Waals surface area contributed by atoms with Crippen LogP contribution in [0.15, 0.2) is 22.7 Å². The largest absolute Gasteiger partial charge is 0.319 e. The molecule has 6 nitrogen and oxygen atoms in total. The first-order valence-electron chi connectivity index (χ1n) is 4.87. The van der Waals surface area contributed by atoms with Crippen molar-refractivity contribution >= 4 is 33.2 Å². The number of nitro benzene ring substituents is 1. The number of nitrogens with one attached hydrogen (secondary N) is 2. The first kappa shape index (κ1) is 13.6. The zero-order chi connectivity index (χ0) is 13.0. The third kappa shape index (κ3) is 3.50. The lowest BCUT2D eigenvalue weighted by Gasteiger charge is -2.11. The van der Waals surface area contributed by atoms with Crippen molar-refractivity contribution < 1.29 is 9.72 Å². The van der Waals surface area contributed by atoms with Gasteiger partial charge in [-0.25, -0.2) is 0 Å². The summed E-state index contributed by atoms with van der Waals surface area (Å²) in [5.41, 5.74) is 0.0429. The predicted octanol–water partition coefficient (Wildman–Crippen LogP) is 1.90. The van der Waals surface area contributed by atoms with E-state index in [4.69, 9.17) is 0 Å². The van der Waals surface area contributed by atoms with Gasteiger partial charge in [0.1, 0.15) is 5.69 Å². The Labute approximate surface area is 107 Å². The summed E-state index contributed by atoms with van der Waals surface area (Å²) in [6, 6.07) is 4.05. The van der Waals surface area contributed by atoms with E-state index < -0.39 is 11.0 Å². The average molecular weight is 302 g/mol. The first-order chi connectivity index (χ1) is 7.95. The minimum absolute atomic E-state index is 0.143. The molecule has 0 saturated heterocycles. The minimum Gasteiger partial charge on any atom is -0.319 e. The Hall–Kier alpha value is -1.47. The Kier molecular flexibility index (Phi) is 4.59. The zero-order valence-corrected chi connectivity index (χ0v) is 10.9. The van der Waals surface area contributed by atoms with Crippen molar-refractivity contribution in [2.45, 2.75) is 13.0 Å². The van der Waals surface area contributed by atoms with E-state index in [0.29, 0.717) is 4.47 Å². The van der Waals surface area contributed by atoms with E-state index in [1.807, 2.05) is 0 Å². The number of carbonyl (C=O) groups is 1. The van der Waals surface area contributed by atoms with Crippen LogP contribution in [0.4, 0.5) is 11.4 Å². The van der Waals surface area contributed by atoms with Gasteiger partial charge >= 0.3 is 0 Å². The second kappa shape index (κ2) is 5.74. The molecular weight excluding hydrogens is 290 g/mol. The third-order valence-electron chi connectivity index (χ3n) is 2.24. The highest BCUT2D eigenvalue weighted by Gasteiger charge is 2.18. The predicted molar refractivity (Wildman–Crippen MR) is 67.9 cm³/mol. The highest BCUT2D eigenvalue weighted by molar-refractivity contribution is 9.10. The lowest BCUT2D eigenvalue weighted by Crippen LogP contribution is -2.35. The molecule has 0 aliphatic carbocycles. The Morgan fingerprint density at radius 2 is 2.18 bits per heavy atom. The highest BCUT2D eigenvalue weighted by Crippen LogP contribution is 2.27. The number of carbonyl (C=O) groups excluding carboxylic acids is 1. The second-order valence-corrected chi connectivity index (χ2v) is 4.33. The number of halogens is 1. The molecule has 0 saturated carbocycles. The van der Waals surface area contributed by atoms with E-state index in [-0.39, 0.29) is 17.3 Å². The standard InChI is InChI=1S/C10H12BrN3O3/c1-6(12-2)10(15)13-8-4-3-7(11)5-9(8)14(16)17/h3-6,12H,1-2H3,(H,13,15). The Morgan fingerprint density at radius 1 is 1.53 bits per heavy atom. The number of hydrogen-bond donors (Lipinski definition) is 2. The maximum absolute atomic E-state index is 11.6. The van der Waals surface area contributed by atoms with Crippen molar-refractivity contribution in [3.8, 4) is 0 Å². The number of nitrogens with zero attached hydrogens (tertiary/aromatic N) is 1. The zero-order valence-electron chi connectivity index (χ0n) is 9.36. The van der Waals surface area contributed by atoms with Crippen molar-refractivity contribution in [1.29, 1.82) is 0 Å². The van der Waals surface area contributed by atoms with Crippen molar-refractivity contribution in [2.24, 2.45) is 0 Å². The van der Waals surface area contributed by atoms with Gasteiger partial charge in [0.2, 0.25) is 5.91 Å². The summed E-state index contributed by atoms with van der Waals surface area (Å²) in [5.74, 6) is -0.321. The number of hydrogen-bond acceptors (Lipinski definition) is 4. The molecule has 1 rings (SSSR count). The van der Waals surface area contributed by atoms with Crippen LogP contribution in [0, 0.1) is 10.1 Å². The van der Waals surface area contributed by atoms with Crippen LogP contribution >= 0.6 is 15.9 Å². The van der Waals surface area contributed by atoms with Crippen LogP contribution < -0.4 is 10.6 Å². The van der Waals surface area contributed by atoms with Crippen LogP contribution in [0.2, 0.25) is 0 Å². The molecule has 1 aromatic carbocycles. The van der Waals surface area contributed by atoms with Crippen LogP contribution in [0.3, 0.4) is 0 Å². The summed E-state index contributed by atoms with van der Waals surface area (Å²) in [7, 11) is 1.64. The van der Waals surface area contributed by atoms with E-state index in [0.717, 1.165) is 0 Å². The Balaban J connectivity index is 2.98. The van der Waals surface area contributed by atoms with Gasteiger partial charge in [-0.1, -0.05) is 15.9 Å². The fraction of sp³-hybridized carbons (Fsp3) is 0.300. The van der Waals surface area contributed by atoms with Crippen molar-refractivity contribution in [3.05, 3.63) is 32.8 Å². The molecular formula is C10H12BrN3O3. The lowest BCUT2D eigenvalue weighted by atomic mass is 10.2. The summed E-state index contributed by atoms with van der Waals surface area (Å²) in [4.78, 5) is 21.9. The van der Waals surface area contributed by atoms with Gasteiger partial charge in [-0.2, -0.15) is 0 Å². The molecule has 1 amide bonds. The molecule has 0 aliphatic heterocycles. The Bertz CT molecular complexity index is 450. The van der Waals surface area contributed by atoms with E-state index in [9.17, 15) is 14.9 Å². The summed E-state index contributed by atoms with van der Waals surface area (Å²) in [6.45, 7) is 1.67. The van der Waals surface area contributed by atoms with Gasteiger partial charge in [0.15, 0.2) is 0 Å². The van der Waals surface area contributed by atoms with Gasteiger partial charge in [0, 0.05) is 10.5 Å². The van der Waals surface area contributed by atoms with Crippen molar-refractivity contribution in [1.82, 2.24) is 5.32 Å². The van der Waals surface area contributed by atoms with Gasteiger partial charge in [-0.3, -0.25) is 14.9 Å². The van der Waals surface area contributed by atoms with Crippen molar-refractivity contribution in [3.63, 3.8) is 0 Å². The lowest BCUT2D eigenvalue weighted by molar-refractivity contribution is -0.384. The smallest absolute Gasteiger partial charge is 0.293 e. The minimum atomic E-state index is -0.537. The molecule has 1 unspecified atom stereocenters. The molecule has 7 heteroatoms. The molecule has 0 heterocycles. The van der Waals surface area contributed by atoms with Crippen LogP contribution in [-0.4, -0.2) is 23.9 Å².